The highest BCUT2D eigenvalue weighted by atomic mass is 32.2. The number of aryl methyl sites for hydroxylation is 1. The van der Waals surface area contributed by atoms with Gasteiger partial charge in [0.1, 0.15) is 6.54 Å². The highest BCUT2D eigenvalue weighted by Crippen LogP contribution is 2.22. The Morgan fingerprint density at radius 2 is 2.26 bits per heavy atom. The molecule has 1 aromatic rings. The average Bonchev–Trinajstić information content (AvgIpc) is 2.60. The summed E-state index contributed by atoms with van der Waals surface area (Å²) < 4.78 is 39.8. The van der Waals surface area contributed by atoms with Crippen LogP contribution in [-0.2, 0) is 17.3 Å². The lowest BCUT2D eigenvalue weighted by atomic mass is 10.0. The molecule has 2 heterocycles. The fourth-order valence-electron chi connectivity index (χ4n) is 2.59. The zero-order valence-electron chi connectivity index (χ0n) is 11.0. The molecule has 3 atom stereocenters. The van der Waals surface area contributed by atoms with E-state index in [0.29, 0.717) is 18.8 Å². The lowest BCUT2D eigenvalue weighted by Gasteiger charge is -2.35. The summed E-state index contributed by atoms with van der Waals surface area (Å²) in [5.74, 6) is 0. The Hall–Kier alpha value is -1.19. The van der Waals surface area contributed by atoms with E-state index in [1.54, 1.807) is 13.2 Å². The first-order valence-corrected chi connectivity index (χ1v) is 7.54. The summed E-state index contributed by atoms with van der Waals surface area (Å²) in [5, 5.41) is 9.21. The minimum atomic E-state index is -3.95. The Kier molecular flexibility index (Phi) is 3.79. The van der Waals surface area contributed by atoms with E-state index in [9.17, 15) is 12.8 Å². The number of aromatic nitrogens is 2. The van der Waals surface area contributed by atoms with Crippen molar-refractivity contribution >= 4 is 15.9 Å². The molecule has 1 aromatic heterocycles. The van der Waals surface area contributed by atoms with E-state index >= 15 is 0 Å². The van der Waals surface area contributed by atoms with E-state index in [0.717, 1.165) is 9.21 Å². The third-order valence-corrected chi connectivity index (χ3v) is 4.29. The summed E-state index contributed by atoms with van der Waals surface area (Å²) in [4.78, 5) is 0.946. The van der Waals surface area contributed by atoms with E-state index in [-0.39, 0.29) is 6.42 Å². The van der Waals surface area contributed by atoms with Crippen molar-refractivity contribution in [2.45, 2.75) is 18.6 Å². The van der Waals surface area contributed by atoms with Gasteiger partial charge in [-0.2, -0.15) is 13.5 Å². The molecule has 1 fully saturated rings. The van der Waals surface area contributed by atoms with Gasteiger partial charge in [0.05, 0.1) is 31.5 Å². The number of nitrogens with zero attached hydrogens (tertiary/aromatic N) is 3. The van der Waals surface area contributed by atoms with Crippen LogP contribution in [0.2, 0.25) is 0 Å². The lowest BCUT2D eigenvalue weighted by Crippen LogP contribution is -3.13. The van der Waals surface area contributed by atoms with Crippen molar-refractivity contribution in [1.29, 1.82) is 0 Å². The van der Waals surface area contributed by atoms with Gasteiger partial charge in [-0.3, -0.25) is 4.68 Å². The van der Waals surface area contributed by atoms with E-state index in [1.807, 2.05) is 7.05 Å². The Balaban J connectivity index is 2.33. The molecule has 0 spiro atoms. The number of hydrogen-bond acceptors (Lipinski definition) is 3. The summed E-state index contributed by atoms with van der Waals surface area (Å²) in [6.45, 7) is 0.910. The van der Waals surface area contributed by atoms with Gasteiger partial charge in [-0.15, -0.1) is 0 Å². The topological polar surface area (TPSA) is 85.7 Å². The predicted octanol–water partition coefficient (Wildman–Crippen LogP) is -1.94. The molecule has 1 unspecified atom stereocenters. The van der Waals surface area contributed by atoms with Crippen molar-refractivity contribution in [2.75, 3.05) is 24.4 Å². The zero-order valence-corrected chi connectivity index (χ0v) is 11.8. The first kappa shape index (κ1) is 14.2. The lowest BCUT2D eigenvalue weighted by molar-refractivity contribution is -0.888. The molecule has 1 saturated heterocycles. The van der Waals surface area contributed by atoms with Crippen molar-refractivity contribution < 1.29 is 17.7 Å². The summed E-state index contributed by atoms with van der Waals surface area (Å²) >= 11 is 0. The zero-order chi connectivity index (χ0) is 14.2. The van der Waals surface area contributed by atoms with Crippen LogP contribution in [0.3, 0.4) is 0 Å². The third-order valence-electron chi connectivity index (χ3n) is 3.23. The molecule has 3 N–H and O–H groups in total. The van der Waals surface area contributed by atoms with E-state index < -0.39 is 22.4 Å². The van der Waals surface area contributed by atoms with E-state index in [2.05, 4.69) is 5.10 Å². The molecule has 1 aliphatic heterocycles. The molecule has 2 rings (SSSR count). The largest absolute Gasteiger partial charge is 0.333 e. The van der Waals surface area contributed by atoms with Gasteiger partial charge < -0.3 is 4.90 Å². The van der Waals surface area contributed by atoms with Gasteiger partial charge in [-0.1, -0.05) is 0 Å². The molecular formula is C10H19FN5O2S+. The van der Waals surface area contributed by atoms with E-state index in [1.165, 1.54) is 10.9 Å². The molecule has 9 heteroatoms. The Bertz CT molecular complexity index is 536. The molecule has 108 valence electrons. The second kappa shape index (κ2) is 5.06. The Labute approximate surface area is 112 Å². The Morgan fingerprint density at radius 3 is 2.74 bits per heavy atom. The van der Waals surface area contributed by atoms with Crippen LogP contribution in [0.5, 0.6) is 0 Å². The summed E-state index contributed by atoms with van der Waals surface area (Å²) in [7, 11) is -0.433. The van der Waals surface area contributed by atoms with Crippen molar-refractivity contribution in [3.63, 3.8) is 0 Å². The minimum absolute atomic E-state index is 0.155. The van der Waals surface area contributed by atoms with Crippen molar-refractivity contribution in [3.8, 4) is 0 Å². The molecule has 0 aromatic carbocycles. The second-order valence-electron chi connectivity index (χ2n) is 5.07. The number of anilines is 1. The molecule has 0 amide bonds. The number of piperidine rings is 1. The maximum atomic E-state index is 13.6. The molecule has 0 radical (unpaired) electrons. The highest BCUT2D eigenvalue weighted by Gasteiger charge is 2.37. The number of halogens is 1. The minimum Gasteiger partial charge on any atom is -0.333 e. The van der Waals surface area contributed by atoms with E-state index in [4.69, 9.17) is 5.14 Å². The van der Waals surface area contributed by atoms with Crippen molar-refractivity contribution in [3.05, 3.63) is 12.4 Å². The predicted molar refractivity (Wildman–Crippen MR) is 68.7 cm³/mol. The molecular weight excluding hydrogens is 273 g/mol. The van der Waals surface area contributed by atoms with Gasteiger partial charge in [0, 0.05) is 19.7 Å². The molecule has 0 bridgehead atoms. The number of alkyl halides is 1. The molecule has 1 aliphatic rings. The van der Waals surface area contributed by atoms with Crippen LogP contribution >= 0.6 is 0 Å². The van der Waals surface area contributed by atoms with Crippen LogP contribution in [0.4, 0.5) is 10.1 Å². The molecule has 7 nitrogen and oxygen atoms in total. The van der Waals surface area contributed by atoms with Crippen molar-refractivity contribution in [2.24, 2.45) is 12.2 Å². The van der Waals surface area contributed by atoms with Crippen LogP contribution in [0, 0.1) is 0 Å². The second-order valence-corrected chi connectivity index (χ2v) is 6.49. The number of hydrogen-bond donors (Lipinski definition) is 2. The summed E-state index contributed by atoms with van der Waals surface area (Å²) in [5.41, 5.74) is 0.372. The number of quaternary nitrogens is 1. The van der Waals surface area contributed by atoms with Crippen LogP contribution in [0.15, 0.2) is 12.4 Å². The number of rotatable bonds is 3. The number of nitrogens with two attached hydrogens (primary N) is 1. The SMILES string of the molecule is Cn1cc(N([C@@H]2C[C@H](F)C[NH+](C)C2)S(N)(=O)=O)cn1. The smallest absolute Gasteiger partial charge is 0.299 e. The van der Waals surface area contributed by atoms with Gasteiger partial charge in [0.25, 0.3) is 10.2 Å². The highest BCUT2D eigenvalue weighted by molar-refractivity contribution is 7.90. The number of likely N-dealkylation sites (tertiary alicyclic amines) is 1. The van der Waals surface area contributed by atoms with Gasteiger partial charge in [-0.05, 0) is 0 Å². The van der Waals surface area contributed by atoms with Gasteiger partial charge in [0.15, 0.2) is 6.17 Å². The Morgan fingerprint density at radius 1 is 1.58 bits per heavy atom. The molecule has 0 aliphatic carbocycles. The summed E-state index contributed by atoms with van der Waals surface area (Å²) in [6, 6.07) is -0.483. The van der Waals surface area contributed by atoms with Gasteiger partial charge >= 0.3 is 0 Å². The van der Waals surface area contributed by atoms with Crippen LogP contribution < -0.4 is 14.3 Å². The normalized spacial score (nSPS) is 28.3. The average molecular weight is 292 g/mol. The number of nitrogens with one attached hydrogen (secondary N) is 1. The maximum Gasteiger partial charge on any atom is 0.299 e. The van der Waals surface area contributed by atoms with Crippen LogP contribution in [0.1, 0.15) is 6.42 Å². The maximum absolute atomic E-state index is 13.6. The quantitative estimate of drug-likeness (QED) is 0.679. The van der Waals surface area contributed by atoms with Crippen molar-refractivity contribution in [1.82, 2.24) is 9.78 Å². The van der Waals surface area contributed by atoms with Gasteiger partial charge in [-0.25, -0.2) is 13.8 Å². The monoisotopic (exact) mass is 292 g/mol. The van der Waals surface area contributed by atoms with Crippen LogP contribution in [-0.4, -0.2) is 50.5 Å². The fraction of sp³-hybridized carbons (Fsp3) is 0.700. The standard InChI is InChI=1S/C10H18FN5O2S/c1-14-5-8(11)3-9(6-14)16(19(12,17)18)10-4-13-15(2)7-10/h4,7-9H,3,5-6H2,1-2H3,(H2,12,17,18)/p+1/t8-,9+/m0/s1. The number of likely N-dealkylation sites (N-methyl/N-ethyl adjacent to an activating group) is 1. The molecule has 0 saturated carbocycles. The molecule has 19 heavy (non-hydrogen) atoms. The third kappa shape index (κ3) is 3.23. The fourth-order valence-corrected chi connectivity index (χ4v) is 3.56. The van der Waals surface area contributed by atoms with Crippen LogP contribution in [0.25, 0.3) is 0 Å². The first-order valence-electron chi connectivity index (χ1n) is 6.03. The first-order chi connectivity index (χ1) is 8.77. The van der Waals surface area contributed by atoms with Gasteiger partial charge in [0.2, 0.25) is 0 Å². The summed E-state index contributed by atoms with van der Waals surface area (Å²) in [6.07, 6.45) is 2.10.